The number of thiazole rings is 1. The number of nitrogens with zero attached hydrogens (tertiary/aromatic N) is 1. The van der Waals surface area contributed by atoms with Crippen LogP contribution in [-0.4, -0.2) is 19.7 Å². The quantitative estimate of drug-likeness (QED) is 0.115. The first kappa shape index (κ1) is 30.5. The molecular formula is C32H46N3O3S+. The van der Waals surface area contributed by atoms with E-state index in [0.29, 0.717) is 30.3 Å². The Morgan fingerprint density at radius 1 is 0.821 bits per heavy atom. The number of benzene rings is 2. The van der Waals surface area contributed by atoms with Gasteiger partial charge in [-0.25, -0.2) is 4.79 Å². The normalized spacial score (nSPS) is 10.8. The van der Waals surface area contributed by atoms with Gasteiger partial charge in [0.1, 0.15) is 0 Å². The minimum Gasteiger partial charge on any atom is -0.493 e. The van der Waals surface area contributed by atoms with Gasteiger partial charge in [0, 0.05) is 5.56 Å². The number of carbonyl (C=O) groups excluding carboxylic acids is 1. The molecule has 3 aromatic rings. The minimum atomic E-state index is -0.318. The molecule has 0 bridgehead atoms. The molecule has 0 unspecified atom stereocenters. The number of carbonyl (C=O) groups is 1. The van der Waals surface area contributed by atoms with Crippen LogP contribution in [-0.2, 0) is 6.54 Å². The predicted molar refractivity (Wildman–Crippen MR) is 162 cm³/mol. The summed E-state index contributed by atoms with van der Waals surface area (Å²) in [5, 5.41) is 7.99. The van der Waals surface area contributed by atoms with Gasteiger partial charge in [0.25, 0.3) is 0 Å². The van der Waals surface area contributed by atoms with Crippen LogP contribution in [0.25, 0.3) is 0 Å². The molecule has 0 saturated carbocycles. The largest absolute Gasteiger partial charge is 0.493 e. The zero-order valence-corrected chi connectivity index (χ0v) is 24.6. The van der Waals surface area contributed by atoms with Crippen molar-refractivity contribution < 1.29 is 18.8 Å². The Bertz CT molecular complexity index is 1090. The van der Waals surface area contributed by atoms with Crippen LogP contribution in [0.1, 0.15) is 89.5 Å². The van der Waals surface area contributed by atoms with Gasteiger partial charge in [0.15, 0.2) is 24.2 Å². The Labute approximate surface area is 238 Å². The lowest BCUT2D eigenvalue weighted by atomic mass is 10.1. The zero-order chi connectivity index (χ0) is 27.5. The van der Waals surface area contributed by atoms with Gasteiger partial charge in [-0.1, -0.05) is 113 Å². The Balaban J connectivity index is 1.42. The summed E-state index contributed by atoms with van der Waals surface area (Å²) < 4.78 is 13.7. The second-order valence-electron chi connectivity index (χ2n) is 10.0. The van der Waals surface area contributed by atoms with Crippen molar-refractivity contribution >= 4 is 28.7 Å². The van der Waals surface area contributed by atoms with Crippen molar-refractivity contribution in [2.45, 2.75) is 90.5 Å². The van der Waals surface area contributed by atoms with Crippen LogP contribution >= 0.6 is 11.3 Å². The van der Waals surface area contributed by atoms with Crippen molar-refractivity contribution in [1.29, 1.82) is 0 Å². The molecule has 0 saturated heterocycles. The summed E-state index contributed by atoms with van der Waals surface area (Å²) in [6.45, 7) is 3.55. The molecule has 0 aliphatic rings. The SMILES string of the molecule is CCCCCCCCCCCCCCOc1c(NC(=O)Nc2ccccc2C[n+]2ccsc2)cccc1OC. The number of hydrogen-bond donors (Lipinski definition) is 2. The first-order valence-corrected chi connectivity index (χ1v) is 15.5. The number of anilines is 2. The third-order valence-electron chi connectivity index (χ3n) is 6.84. The van der Waals surface area contributed by atoms with E-state index in [1.165, 1.54) is 64.2 Å². The minimum absolute atomic E-state index is 0.318. The van der Waals surface area contributed by atoms with Crippen LogP contribution in [0.2, 0.25) is 0 Å². The number of nitrogens with one attached hydrogen (secondary N) is 2. The number of amides is 2. The Morgan fingerprint density at radius 3 is 2.13 bits per heavy atom. The van der Waals surface area contributed by atoms with E-state index in [-0.39, 0.29) is 6.03 Å². The number of urea groups is 1. The number of para-hydroxylation sites is 2. The molecule has 1 aromatic heterocycles. The second-order valence-corrected chi connectivity index (χ2v) is 10.8. The molecule has 3 rings (SSSR count). The van der Waals surface area contributed by atoms with E-state index in [0.717, 1.165) is 24.1 Å². The van der Waals surface area contributed by atoms with Crippen LogP contribution in [0.5, 0.6) is 11.5 Å². The Hall–Kier alpha value is -3.06. The number of hydrogen-bond acceptors (Lipinski definition) is 4. The fourth-order valence-corrected chi connectivity index (χ4v) is 5.24. The average molecular weight is 553 g/mol. The van der Waals surface area contributed by atoms with Gasteiger partial charge < -0.3 is 20.1 Å². The highest BCUT2D eigenvalue weighted by molar-refractivity contribution is 7.07. The van der Waals surface area contributed by atoms with E-state index in [2.05, 4.69) is 22.1 Å². The predicted octanol–water partition coefficient (Wildman–Crippen LogP) is 8.82. The molecule has 0 aliphatic carbocycles. The fourth-order valence-electron chi connectivity index (χ4n) is 4.65. The molecule has 2 N–H and O–H groups in total. The third-order valence-corrected chi connectivity index (χ3v) is 7.51. The van der Waals surface area contributed by atoms with E-state index in [1.54, 1.807) is 18.4 Å². The van der Waals surface area contributed by atoms with Crippen LogP contribution < -0.4 is 24.7 Å². The highest BCUT2D eigenvalue weighted by Crippen LogP contribution is 2.35. The summed E-state index contributed by atoms with van der Waals surface area (Å²) >= 11 is 1.64. The van der Waals surface area contributed by atoms with Crippen molar-refractivity contribution in [3.63, 3.8) is 0 Å². The maximum Gasteiger partial charge on any atom is 0.323 e. The Morgan fingerprint density at radius 2 is 1.46 bits per heavy atom. The summed E-state index contributed by atoms with van der Waals surface area (Å²) in [6.07, 6.45) is 17.6. The topological polar surface area (TPSA) is 63.5 Å². The molecule has 39 heavy (non-hydrogen) atoms. The lowest BCUT2D eigenvalue weighted by Crippen LogP contribution is -2.31. The van der Waals surface area contributed by atoms with Gasteiger partial charge in [0.05, 0.1) is 30.5 Å². The maximum atomic E-state index is 13.0. The van der Waals surface area contributed by atoms with Gasteiger partial charge in [0.2, 0.25) is 5.51 Å². The molecule has 7 heteroatoms. The summed E-state index contributed by atoms with van der Waals surface area (Å²) in [5.74, 6) is 1.18. The lowest BCUT2D eigenvalue weighted by Gasteiger charge is -2.16. The van der Waals surface area contributed by atoms with Crippen molar-refractivity contribution in [1.82, 2.24) is 0 Å². The fraction of sp³-hybridized carbons (Fsp3) is 0.500. The number of methoxy groups -OCH3 is 1. The van der Waals surface area contributed by atoms with Crippen molar-refractivity contribution in [2.24, 2.45) is 0 Å². The van der Waals surface area contributed by atoms with Gasteiger partial charge >= 0.3 is 6.03 Å². The molecule has 0 aliphatic heterocycles. The molecule has 0 fully saturated rings. The molecule has 0 radical (unpaired) electrons. The van der Waals surface area contributed by atoms with Gasteiger partial charge in [-0.3, -0.25) is 0 Å². The molecule has 0 atom stereocenters. The van der Waals surface area contributed by atoms with Gasteiger partial charge in [-0.15, -0.1) is 0 Å². The van der Waals surface area contributed by atoms with Crippen molar-refractivity contribution in [2.75, 3.05) is 24.4 Å². The summed E-state index contributed by atoms with van der Waals surface area (Å²) in [7, 11) is 1.62. The number of ether oxygens (including phenoxy) is 2. The molecule has 2 aromatic carbocycles. The molecule has 2 amide bonds. The van der Waals surface area contributed by atoms with Crippen LogP contribution in [0.15, 0.2) is 59.6 Å². The average Bonchev–Trinajstić information content (AvgIpc) is 3.46. The van der Waals surface area contributed by atoms with Crippen molar-refractivity contribution in [3.8, 4) is 11.5 Å². The zero-order valence-electron chi connectivity index (χ0n) is 23.8. The molecule has 0 spiro atoms. The first-order valence-electron chi connectivity index (χ1n) is 14.6. The second kappa shape index (κ2) is 18.3. The highest BCUT2D eigenvalue weighted by Gasteiger charge is 2.15. The standard InChI is InChI=1S/C32H45N3O3S/c1-3-4-5-6-7-8-9-10-11-12-13-16-23-38-31-29(20-17-21-30(31)37-2)34-32(36)33-28-19-15-14-18-27(28)25-35-22-24-39-26-35/h14-15,17-22,24,26H,3-13,16,23,25H2,1-2H3,(H-,33,34,36)/p+1. The van der Waals surface area contributed by atoms with E-state index in [9.17, 15) is 4.79 Å². The number of rotatable bonds is 19. The first-order chi connectivity index (χ1) is 19.2. The third kappa shape index (κ3) is 11.3. The molecule has 1 heterocycles. The van der Waals surface area contributed by atoms with E-state index in [4.69, 9.17) is 9.47 Å². The molecule has 6 nitrogen and oxygen atoms in total. The van der Waals surface area contributed by atoms with E-state index < -0.39 is 0 Å². The molecule has 212 valence electrons. The number of aromatic nitrogens is 1. The van der Waals surface area contributed by atoms with E-state index in [1.807, 2.05) is 59.6 Å². The van der Waals surface area contributed by atoms with Crippen LogP contribution in [0, 0.1) is 0 Å². The smallest absolute Gasteiger partial charge is 0.323 e. The van der Waals surface area contributed by atoms with Crippen molar-refractivity contribution in [3.05, 3.63) is 65.1 Å². The van der Waals surface area contributed by atoms with Crippen LogP contribution in [0.3, 0.4) is 0 Å². The summed E-state index contributed by atoms with van der Waals surface area (Å²) in [5.41, 5.74) is 4.45. The van der Waals surface area contributed by atoms with Crippen LogP contribution in [0.4, 0.5) is 16.2 Å². The van der Waals surface area contributed by atoms with Gasteiger partial charge in [-0.05, 0) is 24.6 Å². The summed E-state index contributed by atoms with van der Waals surface area (Å²) in [4.78, 5) is 13.0. The summed E-state index contributed by atoms with van der Waals surface area (Å²) in [6, 6.07) is 13.1. The lowest BCUT2D eigenvalue weighted by molar-refractivity contribution is -0.683. The van der Waals surface area contributed by atoms with Gasteiger partial charge in [-0.2, -0.15) is 4.57 Å². The van der Waals surface area contributed by atoms with E-state index >= 15 is 0 Å². The molecular weight excluding hydrogens is 506 g/mol. The maximum absolute atomic E-state index is 13.0. The monoisotopic (exact) mass is 552 g/mol. The highest BCUT2D eigenvalue weighted by atomic mass is 32.1. The number of unbranched alkanes of at least 4 members (excludes halogenated alkanes) is 11. The Kier molecular flexibility index (Phi) is 14.3.